The van der Waals surface area contributed by atoms with Crippen molar-refractivity contribution in [3.05, 3.63) is 0 Å². The first-order valence-electron chi connectivity index (χ1n) is 9.44. The maximum absolute atomic E-state index is 10.2. The van der Waals surface area contributed by atoms with Crippen LogP contribution >= 0.6 is 12.6 Å². The van der Waals surface area contributed by atoms with Crippen LogP contribution in [-0.4, -0.2) is 63.1 Å². The van der Waals surface area contributed by atoms with Crippen molar-refractivity contribution in [2.75, 3.05) is 0 Å². The van der Waals surface area contributed by atoms with Gasteiger partial charge in [0, 0.05) is 6.42 Å². The molecule has 1 unspecified atom stereocenters. The molecule has 27 heavy (non-hydrogen) atoms. The highest BCUT2D eigenvalue weighted by Gasteiger charge is 2.55. The summed E-state index contributed by atoms with van der Waals surface area (Å²) in [5.74, 6) is 7.05. The number of aliphatic imine (C=N–C) groups is 3. The number of hydrogen-bond acceptors (Lipinski definition) is 7. The molecule has 3 aliphatic rings. The van der Waals surface area contributed by atoms with Crippen molar-refractivity contribution in [2.24, 2.45) is 20.9 Å². The van der Waals surface area contributed by atoms with Gasteiger partial charge in [-0.15, -0.1) is 0 Å². The minimum atomic E-state index is -0.956. The number of ether oxygens (including phenoxy) is 1. The second kappa shape index (κ2) is 7.74. The Bertz CT molecular complexity index is 766. The number of aliphatic hydroxyl groups excluding tert-OH is 1. The van der Waals surface area contributed by atoms with Crippen molar-refractivity contribution in [3.8, 4) is 11.8 Å². The summed E-state index contributed by atoms with van der Waals surface area (Å²) >= 11 is 4.53. The van der Waals surface area contributed by atoms with E-state index in [2.05, 4.69) is 46.4 Å². The van der Waals surface area contributed by atoms with Crippen LogP contribution in [0.4, 0.5) is 0 Å². The molecule has 0 aromatic rings. The zero-order valence-electron chi connectivity index (χ0n) is 16.2. The number of aliphatic hydroxyl groups is 1. The standard InChI is InChI=1S/C19H27N5O2S/c1-5-6-7-8-9-13-22-17(20)19(11(2)3)18(23-13)24(10-21-19)16-15(27)14(25)12(4)26-16/h10-12,14-16,20,25,27H,5-7H2,1-4H3/t12-,14-,15-,16-,19?/m1/s1. The van der Waals surface area contributed by atoms with Crippen LogP contribution in [0.2, 0.25) is 0 Å². The number of unbranched alkanes of at least 4 members (excludes halogenated alkanes) is 2. The lowest BCUT2D eigenvalue weighted by atomic mass is 9.83. The summed E-state index contributed by atoms with van der Waals surface area (Å²) in [5, 5.41) is 18.4. The van der Waals surface area contributed by atoms with E-state index in [0.717, 1.165) is 19.3 Å². The highest BCUT2D eigenvalue weighted by molar-refractivity contribution is 7.81. The Morgan fingerprint density at radius 2 is 2.19 bits per heavy atom. The first kappa shape index (κ1) is 20.1. The molecule has 0 aliphatic carbocycles. The Kier molecular flexibility index (Phi) is 5.75. The second-order valence-electron chi connectivity index (χ2n) is 7.41. The molecule has 0 amide bonds. The lowest BCUT2D eigenvalue weighted by Gasteiger charge is -2.36. The van der Waals surface area contributed by atoms with Crippen molar-refractivity contribution in [3.63, 3.8) is 0 Å². The quantitative estimate of drug-likeness (QED) is 0.390. The van der Waals surface area contributed by atoms with Crippen molar-refractivity contribution in [1.82, 2.24) is 4.90 Å². The van der Waals surface area contributed by atoms with Gasteiger partial charge in [0.05, 0.1) is 23.8 Å². The minimum Gasteiger partial charge on any atom is -0.389 e. The van der Waals surface area contributed by atoms with Crippen molar-refractivity contribution in [2.45, 2.75) is 76.2 Å². The molecule has 0 spiro atoms. The van der Waals surface area contributed by atoms with Crippen molar-refractivity contribution in [1.29, 1.82) is 5.41 Å². The first-order valence-corrected chi connectivity index (χ1v) is 9.95. The Morgan fingerprint density at radius 1 is 1.44 bits per heavy atom. The molecule has 0 radical (unpaired) electrons. The Hall–Kier alpha value is -1.69. The number of nitrogens with zero attached hydrogens (tertiary/aromatic N) is 4. The van der Waals surface area contributed by atoms with Gasteiger partial charge in [-0.3, -0.25) is 15.3 Å². The zero-order chi connectivity index (χ0) is 19.8. The maximum atomic E-state index is 10.2. The van der Waals surface area contributed by atoms with Crippen LogP contribution in [0.1, 0.15) is 47.0 Å². The van der Waals surface area contributed by atoms with E-state index in [1.165, 1.54) is 0 Å². The average Bonchev–Trinajstić information content (AvgIpc) is 3.13. The molecule has 3 rings (SSSR count). The highest BCUT2D eigenvalue weighted by Crippen LogP contribution is 2.37. The van der Waals surface area contributed by atoms with Gasteiger partial charge in [0.25, 0.3) is 0 Å². The Labute approximate surface area is 165 Å². The van der Waals surface area contributed by atoms with E-state index >= 15 is 0 Å². The maximum Gasteiger partial charge on any atom is 0.208 e. The monoisotopic (exact) mass is 389 g/mol. The lowest BCUT2D eigenvalue weighted by molar-refractivity contribution is -0.00742. The summed E-state index contributed by atoms with van der Waals surface area (Å²) in [6.45, 7) is 7.91. The summed E-state index contributed by atoms with van der Waals surface area (Å²) in [4.78, 5) is 15.4. The van der Waals surface area contributed by atoms with E-state index < -0.39 is 23.1 Å². The zero-order valence-corrected chi connectivity index (χ0v) is 17.1. The number of amidine groups is 3. The largest absolute Gasteiger partial charge is 0.389 e. The average molecular weight is 390 g/mol. The van der Waals surface area contributed by atoms with Crippen LogP contribution in [0.3, 0.4) is 0 Å². The van der Waals surface area contributed by atoms with E-state index in [9.17, 15) is 5.11 Å². The third-order valence-corrected chi connectivity index (χ3v) is 5.76. The van der Waals surface area contributed by atoms with Crippen LogP contribution in [0.5, 0.6) is 0 Å². The SMILES string of the molecule is CCCCC#CC1=NC(=N)C2(C(C)C)N=CN([C@@H]3O[C@H](C)[C@@H](O)[C@H]3S)C2=N1. The predicted octanol–water partition coefficient (Wildman–Crippen LogP) is 2.11. The van der Waals surface area contributed by atoms with Crippen LogP contribution in [0, 0.1) is 23.2 Å². The Balaban J connectivity index is 1.96. The molecule has 7 nitrogen and oxygen atoms in total. The molecule has 1 saturated heterocycles. The predicted molar refractivity (Wildman–Crippen MR) is 111 cm³/mol. The van der Waals surface area contributed by atoms with Gasteiger partial charge in [0.15, 0.2) is 23.4 Å². The molecule has 0 saturated carbocycles. The van der Waals surface area contributed by atoms with Crippen LogP contribution in [0.25, 0.3) is 0 Å². The van der Waals surface area contributed by atoms with Gasteiger partial charge in [-0.2, -0.15) is 12.6 Å². The van der Waals surface area contributed by atoms with E-state index in [1.807, 2.05) is 20.8 Å². The van der Waals surface area contributed by atoms with Gasteiger partial charge in [-0.1, -0.05) is 33.1 Å². The Morgan fingerprint density at radius 3 is 2.78 bits per heavy atom. The smallest absolute Gasteiger partial charge is 0.208 e. The summed E-state index contributed by atoms with van der Waals surface area (Å²) in [7, 11) is 0. The van der Waals surface area contributed by atoms with Gasteiger partial charge in [0.2, 0.25) is 5.84 Å². The van der Waals surface area contributed by atoms with Crippen molar-refractivity contribution >= 4 is 36.5 Å². The van der Waals surface area contributed by atoms with E-state index in [-0.39, 0.29) is 17.9 Å². The molecule has 8 heteroatoms. The van der Waals surface area contributed by atoms with Gasteiger partial charge < -0.3 is 9.84 Å². The van der Waals surface area contributed by atoms with Crippen LogP contribution in [-0.2, 0) is 4.74 Å². The fourth-order valence-electron chi connectivity index (χ4n) is 3.48. The number of rotatable bonds is 4. The molecule has 3 heterocycles. The normalized spacial score (nSPS) is 35.1. The molecular weight excluding hydrogens is 362 g/mol. The molecule has 5 atom stereocenters. The molecule has 146 valence electrons. The summed E-state index contributed by atoms with van der Waals surface area (Å²) in [6.07, 6.45) is 2.96. The van der Waals surface area contributed by atoms with E-state index in [0.29, 0.717) is 11.7 Å². The number of nitrogens with one attached hydrogen (secondary N) is 1. The molecule has 0 bridgehead atoms. The summed E-state index contributed by atoms with van der Waals surface area (Å²) < 4.78 is 5.91. The first-order chi connectivity index (χ1) is 12.8. The molecule has 3 aliphatic heterocycles. The van der Waals surface area contributed by atoms with E-state index in [4.69, 9.17) is 10.1 Å². The highest BCUT2D eigenvalue weighted by atomic mass is 32.1. The summed E-state index contributed by atoms with van der Waals surface area (Å²) in [6, 6.07) is 0. The third kappa shape index (κ3) is 3.33. The van der Waals surface area contributed by atoms with Gasteiger partial charge in [-0.05, 0) is 25.2 Å². The molecular formula is C19H27N5O2S. The lowest BCUT2D eigenvalue weighted by Crippen LogP contribution is -2.56. The van der Waals surface area contributed by atoms with Gasteiger partial charge in [0.1, 0.15) is 0 Å². The number of hydrogen-bond donors (Lipinski definition) is 3. The molecule has 2 N–H and O–H groups in total. The van der Waals surface area contributed by atoms with Crippen LogP contribution < -0.4 is 0 Å². The fourth-order valence-corrected chi connectivity index (χ4v) is 3.93. The number of fused-ring (bicyclic) bond motifs is 1. The molecule has 0 aromatic carbocycles. The third-order valence-electron chi connectivity index (χ3n) is 5.20. The van der Waals surface area contributed by atoms with Gasteiger partial charge >= 0.3 is 0 Å². The topological polar surface area (TPSA) is 93.6 Å². The molecule has 0 aromatic heterocycles. The second-order valence-corrected chi connectivity index (χ2v) is 8.01. The number of thiol groups is 1. The van der Waals surface area contributed by atoms with E-state index in [1.54, 1.807) is 11.2 Å². The van der Waals surface area contributed by atoms with Crippen LogP contribution in [0.15, 0.2) is 15.0 Å². The molecule has 1 fully saturated rings. The van der Waals surface area contributed by atoms with Gasteiger partial charge in [-0.25, -0.2) is 9.98 Å². The summed E-state index contributed by atoms with van der Waals surface area (Å²) in [5.41, 5.74) is -0.956. The van der Waals surface area contributed by atoms with Crippen molar-refractivity contribution < 1.29 is 9.84 Å². The minimum absolute atomic E-state index is 0.0227. The fraction of sp³-hybridized carbons (Fsp3) is 0.684.